The zero-order valence-electron chi connectivity index (χ0n) is 9.66. The second-order valence-electron chi connectivity index (χ2n) is 4.59. The highest BCUT2D eigenvalue weighted by Gasteiger charge is 2.15. The number of hydrogen-bond acceptors (Lipinski definition) is 1. The zero-order valence-corrected chi connectivity index (χ0v) is 9.66. The Bertz CT molecular complexity index is 348. The van der Waals surface area contributed by atoms with Gasteiger partial charge < -0.3 is 0 Å². The first-order chi connectivity index (χ1) is 7.25. The van der Waals surface area contributed by atoms with Crippen molar-refractivity contribution in [2.75, 3.05) is 0 Å². The van der Waals surface area contributed by atoms with Crippen molar-refractivity contribution in [2.45, 2.75) is 39.5 Å². The van der Waals surface area contributed by atoms with E-state index in [0.29, 0.717) is 5.92 Å². The lowest BCUT2D eigenvalue weighted by molar-refractivity contribution is 0.560. The summed E-state index contributed by atoms with van der Waals surface area (Å²) >= 11 is 0. The standard InChI is InChI=1S/C14H19N/c1-11-7-9-13(10-8-11)15-14-6-4-3-5-12(14)2/h7-10,12H,3-6H2,1-2H3. The Kier molecular flexibility index (Phi) is 3.20. The normalized spacial score (nSPS) is 24.4. The van der Waals surface area contributed by atoms with Crippen LogP contribution in [0.3, 0.4) is 0 Å². The third-order valence-corrected chi connectivity index (χ3v) is 3.20. The van der Waals surface area contributed by atoms with E-state index >= 15 is 0 Å². The van der Waals surface area contributed by atoms with E-state index in [1.54, 1.807) is 0 Å². The van der Waals surface area contributed by atoms with Gasteiger partial charge in [0.15, 0.2) is 0 Å². The maximum atomic E-state index is 4.76. The number of rotatable bonds is 1. The van der Waals surface area contributed by atoms with Gasteiger partial charge in [-0.25, -0.2) is 0 Å². The van der Waals surface area contributed by atoms with E-state index in [1.807, 2.05) is 0 Å². The lowest BCUT2D eigenvalue weighted by Crippen LogP contribution is -2.15. The zero-order chi connectivity index (χ0) is 10.7. The van der Waals surface area contributed by atoms with Gasteiger partial charge in [0.05, 0.1) is 5.69 Å². The van der Waals surface area contributed by atoms with Crippen LogP contribution in [-0.2, 0) is 0 Å². The van der Waals surface area contributed by atoms with Crippen LogP contribution in [0.25, 0.3) is 0 Å². The predicted molar refractivity (Wildman–Crippen MR) is 65.9 cm³/mol. The molecule has 0 saturated heterocycles. The van der Waals surface area contributed by atoms with E-state index in [0.717, 1.165) is 5.69 Å². The highest BCUT2D eigenvalue weighted by atomic mass is 14.8. The molecule has 1 saturated carbocycles. The summed E-state index contributed by atoms with van der Waals surface area (Å²) in [5, 5.41) is 0. The van der Waals surface area contributed by atoms with Gasteiger partial charge in [-0.3, -0.25) is 4.99 Å². The quantitative estimate of drug-likeness (QED) is 0.643. The Labute approximate surface area is 92.2 Å². The fourth-order valence-corrected chi connectivity index (χ4v) is 2.12. The number of benzene rings is 1. The summed E-state index contributed by atoms with van der Waals surface area (Å²) < 4.78 is 0. The predicted octanol–water partition coefficient (Wildman–Crippen LogP) is 4.28. The van der Waals surface area contributed by atoms with Gasteiger partial charge in [0.25, 0.3) is 0 Å². The molecule has 1 aromatic rings. The summed E-state index contributed by atoms with van der Waals surface area (Å²) in [5.41, 5.74) is 3.81. The summed E-state index contributed by atoms with van der Waals surface area (Å²) in [6.07, 6.45) is 5.18. The summed E-state index contributed by atoms with van der Waals surface area (Å²) in [4.78, 5) is 4.76. The van der Waals surface area contributed by atoms with E-state index in [2.05, 4.69) is 38.1 Å². The minimum Gasteiger partial charge on any atom is -0.258 e. The van der Waals surface area contributed by atoms with Gasteiger partial charge in [-0.15, -0.1) is 0 Å². The number of hydrogen-bond donors (Lipinski definition) is 0. The molecule has 0 amide bonds. The van der Waals surface area contributed by atoms with E-state index in [4.69, 9.17) is 4.99 Å². The maximum absolute atomic E-state index is 4.76. The van der Waals surface area contributed by atoms with Gasteiger partial charge in [-0.05, 0) is 44.2 Å². The van der Waals surface area contributed by atoms with E-state index in [9.17, 15) is 0 Å². The molecule has 80 valence electrons. The Hall–Kier alpha value is -1.11. The Balaban J connectivity index is 2.17. The highest BCUT2D eigenvalue weighted by Crippen LogP contribution is 2.24. The fraction of sp³-hybridized carbons (Fsp3) is 0.500. The van der Waals surface area contributed by atoms with Gasteiger partial charge in [0.1, 0.15) is 0 Å². The second kappa shape index (κ2) is 4.61. The van der Waals surface area contributed by atoms with E-state index in [-0.39, 0.29) is 0 Å². The smallest absolute Gasteiger partial charge is 0.0629 e. The molecule has 0 aliphatic heterocycles. The molecule has 15 heavy (non-hydrogen) atoms. The lowest BCUT2D eigenvalue weighted by atomic mass is 9.88. The van der Waals surface area contributed by atoms with Gasteiger partial charge in [-0.2, -0.15) is 0 Å². The van der Waals surface area contributed by atoms with Crippen LogP contribution in [0.2, 0.25) is 0 Å². The fourth-order valence-electron chi connectivity index (χ4n) is 2.12. The third-order valence-electron chi connectivity index (χ3n) is 3.20. The lowest BCUT2D eigenvalue weighted by Gasteiger charge is -2.20. The molecule has 1 nitrogen and oxygen atoms in total. The Morgan fingerprint density at radius 3 is 2.53 bits per heavy atom. The van der Waals surface area contributed by atoms with Crippen molar-refractivity contribution in [2.24, 2.45) is 10.9 Å². The molecular formula is C14H19N. The van der Waals surface area contributed by atoms with Crippen LogP contribution < -0.4 is 0 Å². The molecule has 0 spiro atoms. The first kappa shape index (κ1) is 10.4. The SMILES string of the molecule is Cc1ccc(N=C2CCCCC2C)cc1. The van der Waals surface area contributed by atoms with Crippen LogP contribution in [0.1, 0.15) is 38.2 Å². The van der Waals surface area contributed by atoms with Crippen molar-refractivity contribution in [3.05, 3.63) is 29.8 Å². The molecule has 2 rings (SSSR count). The highest BCUT2D eigenvalue weighted by molar-refractivity contribution is 5.89. The Morgan fingerprint density at radius 2 is 1.87 bits per heavy atom. The Morgan fingerprint density at radius 1 is 1.13 bits per heavy atom. The monoisotopic (exact) mass is 201 g/mol. The van der Waals surface area contributed by atoms with Crippen LogP contribution in [0.4, 0.5) is 5.69 Å². The maximum Gasteiger partial charge on any atom is 0.0629 e. The summed E-state index contributed by atoms with van der Waals surface area (Å²) in [7, 11) is 0. The molecule has 1 heteroatoms. The molecule has 1 aromatic carbocycles. The van der Waals surface area contributed by atoms with Gasteiger partial charge in [0.2, 0.25) is 0 Å². The molecule has 1 aliphatic carbocycles. The third kappa shape index (κ3) is 2.68. The molecule has 0 aromatic heterocycles. The number of nitrogens with zero attached hydrogens (tertiary/aromatic N) is 1. The average Bonchev–Trinajstić information content (AvgIpc) is 2.25. The molecule has 0 heterocycles. The van der Waals surface area contributed by atoms with Crippen LogP contribution >= 0.6 is 0 Å². The summed E-state index contributed by atoms with van der Waals surface area (Å²) in [5.74, 6) is 0.681. The minimum atomic E-state index is 0.681. The molecule has 1 fully saturated rings. The minimum absolute atomic E-state index is 0.681. The van der Waals surface area contributed by atoms with Crippen LogP contribution in [0.5, 0.6) is 0 Å². The molecule has 0 radical (unpaired) electrons. The summed E-state index contributed by atoms with van der Waals surface area (Å²) in [6.45, 7) is 4.41. The van der Waals surface area contributed by atoms with Gasteiger partial charge in [-0.1, -0.05) is 31.0 Å². The molecule has 0 bridgehead atoms. The van der Waals surface area contributed by atoms with Crippen LogP contribution in [0, 0.1) is 12.8 Å². The van der Waals surface area contributed by atoms with Crippen molar-refractivity contribution in [3.8, 4) is 0 Å². The summed E-state index contributed by atoms with van der Waals surface area (Å²) in [6, 6.07) is 8.49. The van der Waals surface area contributed by atoms with Crippen LogP contribution in [0.15, 0.2) is 29.3 Å². The first-order valence-electron chi connectivity index (χ1n) is 5.90. The second-order valence-corrected chi connectivity index (χ2v) is 4.59. The van der Waals surface area contributed by atoms with E-state index in [1.165, 1.54) is 37.0 Å². The topological polar surface area (TPSA) is 12.4 Å². The van der Waals surface area contributed by atoms with Crippen molar-refractivity contribution in [1.29, 1.82) is 0 Å². The molecular weight excluding hydrogens is 182 g/mol. The van der Waals surface area contributed by atoms with Gasteiger partial charge in [0, 0.05) is 5.71 Å². The average molecular weight is 201 g/mol. The van der Waals surface area contributed by atoms with E-state index < -0.39 is 0 Å². The van der Waals surface area contributed by atoms with Crippen molar-refractivity contribution < 1.29 is 0 Å². The number of aryl methyl sites for hydroxylation is 1. The van der Waals surface area contributed by atoms with Crippen molar-refractivity contribution in [1.82, 2.24) is 0 Å². The number of aliphatic imine (C=N–C) groups is 1. The molecule has 1 atom stereocenters. The molecule has 1 unspecified atom stereocenters. The van der Waals surface area contributed by atoms with Crippen LogP contribution in [-0.4, -0.2) is 5.71 Å². The van der Waals surface area contributed by atoms with Crippen molar-refractivity contribution >= 4 is 11.4 Å². The molecule has 0 N–H and O–H groups in total. The molecule has 1 aliphatic rings. The van der Waals surface area contributed by atoms with Crippen molar-refractivity contribution in [3.63, 3.8) is 0 Å². The van der Waals surface area contributed by atoms with Gasteiger partial charge >= 0.3 is 0 Å². The largest absolute Gasteiger partial charge is 0.258 e. The first-order valence-corrected chi connectivity index (χ1v) is 5.90.